The van der Waals surface area contributed by atoms with Crippen LogP contribution >= 0.6 is 0 Å². The molecule has 0 saturated heterocycles. The third-order valence-electron chi connectivity index (χ3n) is 3.82. The van der Waals surface area contributed by atoms with Crippen LogP contribution in [-0.4, -0.2) is 22.1 Å². The first-order chi connectivity index (χ1) is 8.26. The second kappa shape index (κ2) is 5.67. The molecule has 0 aliphatic heterocycles. The van der Waals surface area contributed by atoms with Crippen molar-refractivity contribution in [3.8, 4) is 0 Å². The van der Waals surface area contributed by atoms with Gasteiger partial charge in [0, 0.05) is 31.4 Å². The minimum absolute atomic E-state index is 0.619. The molecule has 3 atom stereocenters. The summed E-state index contributed by atoms with van der Waals surface area (Å²) < 4.78 is 2.30. The van der Waals surface area contributed by atoms with Crippen molar-refractivity contribution < 1.29 is 0 Å². The highest BCUT2D eigenvalue weighted by atomic mass is 15.1. The molecule has 3 unspecified atom stereocenters. The SMILES string of the molecule is CCCn1ccnc1CC(NCC)C1CC1C. The first kappa shape index (κ1) is 12.6. The van der Waals surface area contributed by atoms with E-state index < -0.39 is 0 Å². The van der Waals surface area contributed by atoms with Gasteiger partial charge in [-0.2, -0.15) is 0 Å². The van der Waals surface area contributed by atoms with Crippen LogP contribution in [0.4, 0.5) is 0 Å². The number of nitrogens with zero attached hydrogens (tertiary/aromatic N) is 2. The highest BCUT2D eigenvalue weighted by Gasteiger charge is 2.39. The maximum Gasteiger partial charge on any atom is 0.110 e. The number of rotatable bonds is 7. The summed E-state index contributed by atoms with van der Waals surface area (Å²) in [4.78, 5) is 4.52. The molecule has 0 bridgehead atoms. The van der Waals surface area contributed by atoms with Crippen LogP contribution in [0.2, 0.25) is 0 Å². The van der Waals surface area contributed by atoms with E-state index in [-0.39, 0.29) is 0 Å². The average molecular weight is 235 g/mol. The van der Waals surface area contributed by atoms with Crippen LogP contribution in [0.1, 0.15) is 39.4 Å². The fourth-order valence-electron chi connectivity index (χ4n) is 2.72. The number of likely N-dealkylation sites (N-methyl/N-ethyl adjacent to an activating group) is 1. The first-order valence-corrected chi connectivity index (χ1v) is 6.99. The predicted octanol–water partition coefficient (Wildman–Crippen LogP) is 2.47. The Morgan fingerprint density at radius 2 is 2.29 bits per heavy atom. The van der Waals surface area contributed by atoms with Crippen LogP contribution in [0.5, 0.6) is 0 Å². The zero-order valence-electron chi connectivity index (χ0n) is 11.3. The van der Waals surface area contributed by atoms with Gasteiger partial charge >= 0.3 is 0 Å². The van der Waals surface area contributed by atoms with E-state index in [1.54, 1.807) is 0 Å². The van der Waals surface area contributed by atoms with Crippen molar-refractivity contribution in [3.63, 3.8) is 0 Å². The van der Waals surface area contributed by atoms with Crippen LogP contribution in [0.15, 0.2) is 12.4 Å². The van der Waals surface area contributed by atoms with Gasteiger partial charge in [0.2, 0.25) is 0 Å². The van der Waals surface area contributed by atoms with Crippen molar-refractivity contribution in [2.75, 3.05) is 6.54 Å². The molecule has 1 fully saturated rings. The minimum atomic E-state index is 0.619. The van der Waals surface area contributed by atoms with Crippen molar-refractivity contribution in [1.29, 1.82) is 0 Å². The number of nitrogens with one attached hydrogen (secondary N) is 1. The summed E-state index contributed by atoms with van der Waals surface area (Å²) in [5, 5.41) is 3.63. The van der Waals surface area contributed by atoms with Gasteiger partial charge in [-0.25, -0.2) is 4.98 Å². The number of hydrogen-bond acceptors (Lipinski definition) is 2. The highest BCUT2D eigenvalue weighted by Crippen LogP contribution is 2.41. The molecule has 3 heteroatoms. The second-order valence-electron chi connectivity index (χ2n) is 5.28. The molecule has 17 heavy (non-hydrogen) atoms. The summed E-state index contributed by atoms with van der Waals surface area (Å²) >= 11 is 0. The number of imidazole rings is 1. The summed E-state index contributed by atoms with van der Waals surface area (Å²) in [6, 6.07) is 0.619. The van der Waals surface area contributed by atoms with Crippen LogP contribution < -0.4 is 5.32 Å². The van der Waals surface area contributed by atoms with E-state index in [4.69, 9.17) is 0 Å². The number of hydrogen-bond donors (Lipinski definition) is 1. The van der Waals surface area contributed by atoms with Crippen LogP contribution in [0.3, 0.4) is 0 Å². The Bertz CT molecular complexity index is 345. The molecule has 1 aliphatic carbocycles. The van der Waals surface area contributed by atoms with Crippen molar-refractivity contribution in [2.45, 2.75) is 52.6 Å². The highest BCUT2D eigenvalue weighted by molar-refractivity contribution is 5.01. The van der Waals surface area contributed by atoms with Crippen LogP contribution in [0.25, 0.3) is 0 Å². The predicted molar refractivity (Wildman–Crippen MR) is 71.0 cm³/mol. The topological polar surface area (TPSA) is 29.9 Å². The molecule has 1 saturated carbocycles. The molecule has 0 aromatic carbocycles. The fraction of sp³-hybridized carbons (Fsp3) is 0.786. The fourth-order valence-corrected chi connectivity index (χ4v) is 2.72. The second-order valence-corrected chi connectivity index (χ2v) is 5.28. The Morgan fingerprint density at radius 1 is 1.53 bits per heavy atom. The molecule has 1 N–H and O–H groups in total. The molecule has 96 valence electrons. The third-order valence-corrected chi connectivity index (χ3v) is 3.82. The molecule has 1 aromatic heterocycles. The molecule has 1 aromatic rings. The molecule has 1 aliphatic rings. The lowest BCUT2D eigenvalue weighted by molar-refractivity contribution is 0.438. The Labute approximate surface area is 105 Å². The van der Waals surface area contributed by atoms with Gasteiger partial charge in [-0.05, 0) is 31.2 Å². The Morgan fingerprint density at radius 3 is 2.88 bits per heavy atom. The number of aryl methyl sites for hydroxylation is 1. The van der Waals surface area contributed by atoms with Gasteiger partial charge in [-0.1, -0.05) is 20.8 Å². The summed E-state index contributed by atoms with van der Waals surface area (Å²) in [5.74, 6) is 3.01. The molecule has 1 heterocycles. The molecule has 0 spiro atoms. The average Bonchev–Trinajstić information content (AvgIpc) is 2.87. The van der Waals surface area contributed by atoms with Gasteiger partial charge in [0.25, 0.3) is 0 Å². The molecule has 3 nitrogen and oxygen atoms in total. The normalized spacial score (nSPS) is 24.9. The molecule has 2 rings (SSSR count). The van der Waals surface area contributed by atoms with E-state index in [0.29, 0.717) is 6.04 Å². The maximum atomic E-state index is 4.52. The lowest BCUT2D eigenvalue weighted by atomic mass is 10.1. The van der Waals surface area contributed by atoms with Crippen LogP contribution in [0, 0.1) is 11.8 Å². The lowest BCUT2D eigenvalue weighted by Crippen LogP contribution is -2.34. The van der Waals surface area contributed by atoms with E-state index in [1.807, 2.05) is 6.20 Å². The standard InChI is InChI=1S/C14H25N3/c1-4-7-17-8-6-16-14(17)10-13(15-5-2)12-9-11(12)3/h6,8,11-13,15H,4-5,7,9-10H2,1-3H3. The van der Waals surface area contributed by atoms with Crippen molar-refractivity contribution in [3.05, 3.63) is 18.2 Å². The Hall–Kier alpha value is -0.830. The van der Waals surface area contributed by atoms with Gasteiger partial charge in [-0.15, -0.1) is 0 Å². The number of aromatic nitrogens is 2. The quantitative estimate of drug-likeness (QED) is 0.787. The van der Waals surface area contributed by atoms with Gasteiger partial charge in [0.05, 0.1) is 0 Å². The zero-order valence-corrected chi connectivity index (χ0v) is 11.3. The van der Waals surface area contributed by atoms with Crippen molar-refractivity contribution in [1.82, 2.24) is 14.9 Å². The van der Waals surface area contributed by atoms with E-state index in [1.165, 1.54) is 18.7 Å². The van der Waals surface area contributed by atoms with Crippen LogP contribution in [-0.2, 0) is 13.0 Å². The summed E-state index contributed by atoms with van der Waals surface area (Å²) in [6.45, 7) is 8.91. The van der Waals surface area contributed by atoms with Gasteiger partial charge in [0.1, 0.15) is 5.82 Å². The smallest absolute Gasteiger partial charge is 0.110 e. The van der Waals surface area contributed by atoms with Gasteiger partial charge < -0.3 is 9.88 Å². The third kappa shape index (κ3) is 3.09. The summed E-state index contributed by atoms with van der Waals surface area (Å²) in [5.41, 5.74) is 0. The Balaban J connectivity index is 1.98. The lowest BCUT2D eigenvalue weighted by Gasteiger charge is -2.18. The minimum Gasteiger partial charge on any atom is -0.335 e. The molecule has 0 amide bonds. The van der Waals surface area contributed by atoms with Crippen molar-refractivity contribution >= 4 is 0 Å². The molecule has 0 radical (unpaired) electrons. The maximum absolute atomic E-state index is 4.52. The Kier molecular flexibility index (Phi) is 4.21. The van der Waals surface area contributed by atoms with E-state index >= 15 is 0 Å². The summed E-state index contributed by atoms with van der Waals surface area (Å²) in [7, 11) is 0. The molecular weight excluding hydrogens is 210 g/mol. The van der Waals surface area contributed by atoms with E-state index in [0.717, 1.165) is 31.3 Å². The van der Waals surface area contributed by atoms with Gasteiger partial charge in [-0.3, -0.25) is 0 Å². The monoisotopic (exact) mass is 235 g/mol. The first-order valence-electron chi connectivity index (χ1n) is 6.99. The summed E-state index contributed by atoms with van der Waals surface area (Å²) in [6.07, 6.45) is 7.68. The van der Waals surface area contributed by atoms with E-state index in [9.17, 15) is 0 Å². The van der Waals surface area contributed by atoms with E-state index in [2.05, 4.69) is 41.8 Å². The van der Waals surface area contributed by atoms with Gasteiger partial charge in [0.15, 0.2) is 0 Å². The largest absolute Gasteiger partial charge is 0.335 e. The zero-order chi connectivity index (χ0) is 12.3. The molecular formula is C14H25N3. The van der Waals surface area contributed by atoms with Crippen molar-refractivity contribution in [2.24, 2.45) is 11.8 Å².